The number of anilines is 1. The number of aliphatic carboxylic acids is 1. The van der Waals surface area contributed by atoms with Crippen molar-refractivity contribution in [3.8, 4) is 5.75 Å². The molecule has 3 N–H and O–H groups in total. The topological polar surface area (TPSA) is 114 Å². The summed E-state index contributed by atoms with van der Waals surface area (Å²) in [6.45, 7) is 0.492. The van der Waals surface area contributed by atoms with Crippen LogP contribution < -0.4 is 15.4 Å². The number of benzene rings is 1. The lowest BCUT2D eigenvalue weighted by atomic mass is 10.0. The van der Waals surface area contributed by atoms with Gasteiger partial charge in [-0.2, -0.15) is 0 Å². The summed E-state index contributed by atoms with van der Waals surface area (Å²) in [6.07, 6.45) is 2.06. The Labute approximate surface area is 145 Å². The van der Waals surface area contributed by atoms with Gasteiger partial charge >= 0.3 is 5.97 Å². The number of ether oxygens (including phenoxy) is 2. The van der Waals surface area contributed by atoms with Crippen LogP contribution in [0.15, 0.2) is 18.2 Å². The van der Waals surface area contributed by atoms with Gasteiger partial charge in [-0.3, -0.25) is 9.59 Å². The SMILES string of the molecule is O=C(O)COCCNC(=O)CCCOc1ccc2c(c1)CCC(=O)N2. The largest absolute Gasteiger partial charge is 0.494 e. The Bertz CT molecular complexity index is 632. The number of carboxylic acid groups (broad SMARTS) is 1. The van der Waals surface area contributed by atoms with Crippen LogP contribution in [0.4, 0.5) is 5.69 Å². The zero-order valence-corrected chi connectivity index (χ0v) is 13.9. The Hall–Kier alpha value is -2.61. The van der Waals surface area contributed by atoms with E-state index in [1.165, 1.54) is 0 Å². The van der Waals surface area contributed by atoms with Gasteiger partial charge in [0.25, 0.3) is 0 Å². The van der Waals surface area contributed by atoms with Gasteiger partial charge < -0.3 is 25.2 Å². The zero-order chi connectivity index (χ0) is 18.1. The number of amides is 2. The lowest BCUT2D eigenvalue weighted by molar-refractivity contribution is -0.142. The van der Waals surface area contributed by atoms with Crippen LogP contribution in [0, 0.1) is 0 Å². The number of carboxylic acids is 1. The molecule has 0 unspecified atom stereocenters. The van der Waals surface area contributed by atoms with Crippen LogP contribution in [0.1, 0.15) is 24.8 Å². The van der Waals surface area contributed by atoms with Gasteiger partial charge in [-0.1, -0.05) is 0 Å². The molecule has 1 aliphatic rings. The molecule has 1 heterocycles. The Balaban J connectivity index is 1.59. The number of hydrogen-bond donors (Lipinski definition) is 3. The highest BCUT2D eigenvalue weighted by atomic mass is 16.5. The number of rotatable bonds is 10. The van der Waals surface area contributed by atoms with Crippen LogP contribution in [-0.2, 0) is 25.5 Å². The van der Waals surface area contributed by atoms with Crippen molar-refractivity contribution in [2.45, 2.75) is 25.7 Å². The monoisotopic (exact) mass is 350 g/mol. The lowest BCUT2D eigenvalue weighted by Crippen LogP contribution is -2.28. The molecule has 0 radical (unpaired) electrons. The fourth-order valence-electron chi connectivity index (χ4n) is 2.38. The van der Waals surface area contributed by atoms with E-state index in [1.54, 1.807) is 6.07 Å². The maximum Gasteiger partial charge on any atom is 0.329 e. The molecule has 0 atom stereocenters. The first-order chi connectivity index (χ1) is 12.0. The van der Waals surface area contributed by atoms with Gasteiger partial charge in [-0.25, -0.2) is 4.79 Å². The quantitative estimate of drug-likeness (QED) is 0.541. The molecule has 8 nitrogen and oxygen atoms in total. The van der Waals surface area contributed by atoms with Crippen LogP contribution in [-0.4, -0.2) is 49.3 Å². The Morgan fingerprint density at radius 2 is 2.08 bits per heavy atom. The Morgan fingerprint density at radius 3 is 2.88 bits per heavy atom. The average molecular weight is 350 g/mol. The summed E-state index contributed by atoms with van der Waals surface area (Å²) in [6, 6.07) is 5.53. The second-order valence-corrected chi connectivity index (χ2v) is 5.62. The number of carbonyl (C=O) groups is 3. The predicted octanol–water partition coefficient (Wildman–Crippen LogP) is 0.948. The molecule has 0 bridgehead atoms. The third kappa shape index (κ3) is 6.80. The second-order valence-electron chi connectivity index (χ2n) is 5.62. The predicted molar refractivity (Wildman–Crippen MR) is 89.6 cm³/mol. The van der Waals surface area contributed by atoms with E-state index in [0.717, 1.165) is 17.0 Å². The lowest BCUT2D eigenvalue weighted by Gasteiger charge is -2.17. The van der Waals surface area contributed by atoms with Crippen LogP contribution in [0.3, 0.4) is 0 Å². The molecule has 25 heavy (non-hydrogen) atoms. The molecule has 0 saturated heterocycles. The zero-order valence-electron chi connectivity index (χ0n) is 13.9. The van der Waals surface area contributed by atoms with E-state index >= 15 is 0 Å². The maximum atomic E-state index is 11.6. The fraction of sp³-hybridized carbons (Fsp3) is 0.471. The van der Waals surface area contributed by atoms with Crippen molar-refractivity contribution in [1.82, 2.24) is 5.32 Å². The summed E-state index contributed by atoms with van der Waals surface area (Å²) in [5.74, 6) is -0.415. The van der Waals surface area contributed by atoms with Crippen LogP contribution in [0.5, 0.6) is 5.75 Å². The van der Waals surface area contributed by atoms with Crippen LogP contribution in [0.25, 0.3) is 0 Å². The van der Waals surface area contributed by atoms with Crippen LogP contribution in [0.2, 0.25) is 0 Å². The van der Waals surface area contributed by atoms with Crippen molar-refractivity contribution < 1.29 is 29.0 Å². The molecule has 2 amide bonds. The standard InChI is InChI=1S/C17H22N2O6/c20-15(18-7-9-24-11-17(22)23)2-1-8-25-13-4-5-14-12(10-13)3-6-16(21)19-14/h4-5,10H,1-3,6-9,11H2,(H,18,20)(H,19,21)(H,22,23). The van der Waals surface area contributed by atoms with Crippen LogP contribution >= 0.6 is 0 Å². The molecule has 1 aromatic rings. The van der Waals surface area contributed by atoms with Gasteiger partial charge in [0.1, 0.15) is 12.4 Å². The summed E-state index contributed by atoms with van der Waals surface area (Å²) in [7, 11) is 0. The minimum Gasteiger partial charge on any atom is -0.494 e. The smallest absolute Gasteiger partial charge is 0.329 e. The molecule has 0 aromatic heterocycles. The first-order valence-corrected chi connectivity index (χ1v) is 8.16. The minimum atomic E-state index is -1.03. The molecular formula is C17H22N2O6. The van der Waals surface area contributed by atoms with Gasteiger partial charge in [0.05, 0.1) is 13.2 Å². The summed E-state index contributed by atoms with van der Waals surface area (Å²) in [5.41, 5.74) is 1.88. The number of nitrogens with one attached hydrogen (secondary N) is 2. The Morgan fingerprint density at radius 1 is 1.24 bits per heavy atom. The third-order valence-corrected chi connectivity index (χ3v) is 3.58. The molecule has 0 saturated carbocycles. The van der Waals surface area contributed by atoms with Crippen molar-refractivity contribution in [2.75, 3.05) is 31.7 Å². The molecule has 2 rings (SSSR count). The van der Waals surface area contributed by atoms with E-state index in [9.17, 15) is 14.4 Å². The first-order valence-electron chi connectivity index (χ1n) is 8.16. The first kappa shape index (κ1) is 18.7. The molecule has 0 spiro atoms. The molecule has 0 aliphatic carbocycles. The number of aryl methyl sites for hydroxylation is 1. The second kappa shape index (κ2) is 9.63. The van der Waals surface area contributed by atoms with Crippen molar-refractivity contribution in [3.63, 3.8) is 0 Å². The van der Waals surface area contributed by atoms with Gasteiger partial charge in [-0.05, 0) is 36.6 Å². The van der Waals surface area contributed by atoms with E-state index in [0.29, 0.717) is 32.3 Å². The van der Waals surface area contributed by atoms with Crippen molar-refractivity contribution in [3.05, 3.63) is 23.8 Å². The summed E-state index contributed by atoms with van der Waals surface area (Å²) >= 11 is 0. The van der Waals surface area contributed by atoms with E-state index in [4.69, 9.17) is 14.6 Å². The van der Waals surface area contributed by atoms with Gasteiger partial charge in [0, 0.05) is 25.1 Å². The summed E-state index contributed by atoms with van der Waals surface area (Å²) in [5, 5.41) is 13.9. The van der Waals surface area contributed by atoms with E-state index in [-0.39, 0.29) is 31.6 Å². The fourth-order valence-corrected chi connectivity index (χ4v) is 2.38. The average Bonchev–Trinajstić information content (AvgIpc) is 2.58. The molecule has 1 aliphatic heterocycles. The number of hydrogen-bond acceptors (Lipinski definition) is 5. The minimum absolute atomic E-state index is 0.0283. The Kier molecular flexibility index (Phi) is 7.21. The molecule has 0 fully saturated rings. The van der Waals surface area contributed by atoms with Gasteiger partial charge in [-0.15, -0.1) is 0 Å². The van der Waals surface area contributed by atoms with E-state index < -0.39 is 5.97 Å². The van der Waals surface area contributed by atoms with Crippen molar-refractivity contribution in [1.29, 1.82) is 0 Å². The summed E-state index contributed by atoms with van der Waals surface area (Å²) < 4.78 is 10.5. The highest BCUT2D eigenvalue weighted by Crippen LogP contribution is 2.26. The van der Waals surface area contributed by atoms with Crippen molar-refractivity contribution in [2.24, 2.45) is 0 Å². The van der Waals surface area contributed by atoms with E-state index in [1.807, 2.05) is 12.1 Å². The molecular weight excluding hydrogens is 328 g/mol. The molecule has 1 aromatic carbocycles. The highest BCUT2D eigenvalue weighted by molar-refractivity contribution is 5.94. The summed E-state index contributed by atoms with van der Waals surface area (Å²) in [4.78, 5) is 33.1. The molecule has 8 heteroatoms. The van der Waals surface area contributed by atoms with E-state index in [2.05, 4.69) is 10.6 Å². The van der Waals surface area contributed by atoms with Gasteiger partial charge in [0.15, 0.2) is 0 Å². The maximum absolute atomic E-state index is 11.6. The third-order valence-electron chi connectivity index (χ3n) is 3.58. The van der Waals surface area contributed by atoms with Crippen molar-refractivity contribution >= 4 is 23.5 Å². The normalized spacial score (nSPS) is 12.9. The van der Waals surface area contributed by atoms with Gasteiger partial charge in [0.2, 0.25) is 11.8 Å². The number of carbonyl (C=O) groups excluding carboxylic acids is 2. The highest BCUT2D eigenvalue weighted by Gasteiger charge is 2.15. The number of fused-ring (bicyclic) bond motifs is 1. The molecule has 136 valence electrons.